The maximum absolute atomic E-state index is 14.7. The predicted octanol–water partition coefficient (Wildman–Crippen LogP) is 8.34. The van der Waals surface area contributed by atoms with Crippen LogP contribution in [0.1, 0.15) is 66.5 Å². The standard InChI is InChI=1S/C35H33F5N4O4/c1-21(2)24-5-8-31(47-4)30(15-24)29-7-6-26(34(3,36)37)14-25(29)20-44(33-42-17-28(18-43-33)48-10-9-32(45)46)19-23-11-22(16-41)12-27(13-23)35(38,39)40/h5-8,11-15,17-18,21H,9-10,19-20H2,1-4H3,(H,45,46). The number of methoxy groups -OCH3 is 1. The average molecular weight is 669 g/mol. The van der Waals surface area contributed by atoms with Crippen LogP contribution < -0.4 is 14.4 Å². The molecule has 0 aliphatic carbocycles. The van der Waals surface area contributed by atoms with Crippen molar-refractivity contribution in [3.8, 4) is 28.7 Å². The molecule has 1 heterocycles. The lowest BCUT2D eigenvalue weighted by molar-refractivity contribution is -0.138. The van der Waals surface area contributed by atoms with Gasteiger partial charge < -0.3 is 19.5 Å². The zero-order valence-electron chi connectivity index (χ0n) is 26.6. The molecule has 0 saturated heterocycles. The van der Waals surface area contributed by atoms with E-state index < -0.39 is 23.6 Å². The minimum absolute atomic E-state index is 0.0130. The maximum atomic E-state index is 14.7. The van der Waals surface area contributed by atoms with Gasteiger partial charge in [-0.15, -0.1) is 0 Å². The number of benzene rings is 3. The van der Waals surface area contributed by atoms with Crippen LogP contribution in [0.25, 0.3) is 11.1 Å². The van der Waals surface area contributed by atoms with Crippen molar-refractivity contribution in [1.82, 2.24) is 9.97 Å². The molecule has 4 aromatic rings. The number of anilines is 1. The Bertz CT molecular complexity index is 1800. The van der Waals surface area contributed by atoms with Gasteiger partial charge in [-0.05, 0) is 64.6 Å². The van der Waals surface area contributed by atoms with Crippen molar-refractivity contribution in [2.24, 2.45) is 0 Å². The predicted molar refractivity (Wildman–Crippen MR) is 168 cm³/mol. The van der Waals surface area contributed by atoms with Crippen LogP contribution in [0, 0.1) is 11.3 Å². The van der Waals surface area contributed by atoms with E-state index in [1.807, 2.05) is 26.0 Å². The lowest BCUT2D eigenvalue weighted by atomic mass is 9.91. The van der Waals surface area contributed by atoms with E-state index >= 15 is 0 Å². The monoisotopic (exact) mass is 668 g/mol. The van der Waals surface area contributed by atoms with E-state index in [0.29, 0.717) is 22.4 Å². The van der Waals surface area contributed by atoms with Crippen LogP contribution in [0.3, 0.4) is 0 Å². The Morgan fingerprint density at radius 2 is 1.67 bits per heavy atom. The third kappa shape index (κ3) is 8.96. The molecule has 13 heteroatoms. The first-order valence-electron chi connectivity index (χ1n) is 14.8. The van der Waals surface area contributed by atoms with Crippen LogP contribution in [0.5, 0.6) is 11.5 Å². The second-order valence-corrected chi connectivity index (χ2v) is 11.5. The Balaban J connectivity index is 1.87. The summed E-state index contributed by atoms with van der Waals surface area (Å²) in [5.41, 5.74) is 1.09. The fourth-order valence-corrected chi connectivity index (χ4v) is 4.99. The summed E-state index contributed by atoms with van der Waals surface area (Å²) in [6, 6.07) is 14.5. The number of ether oxygens (including phenoxy) is 2. The highest BCUT2D eigenvalue weighted by Gasteiger charge is 2.32. The number of alkyl halides is 5. The largest absolute Gasteiger partial charge is 0.496 e. The van der Waals surface area contributed by atoms with Crippen molar-refractivity contribution in [3.63, 3.8) is 0 Å². The van der Waals surface area contributed by atoms with E-state index in [4.69, 9.17) is 14.6 Å². The van der Waals surface area contributed by atoms with Gasteiger partial charge in [0.1, 0.15) is 5.75 Å². The van der Waals surface area contributed by atoms with Crippen LogP contribution in [0.4, 0.5) is 27.9 Å². The van der Waals surface area contributed by atoms with Crippen molar-refractivity contribution in [3.05, 3.63) is 100 Å². The molecule has 0 amide bonds. The van der Waals surface area contributed by atoms with E-state index in [-0.39, 0.29) is 60.4 Å². The summed E-state index contributed by atoms with van der Waals surface area (Å²) >= 11 is 0. The number of rotatable bonds is 13. The van der Waals surface area contributed by atoms with E-state index in [0.717, 1.165) is 24.6 Å². The summed E-state index contributed by atoms with van der Waals surface area (Å²) in [7, 11) is 1.49. The van der Waals surface area contributed by atoms with E-state index in [1.165, 1.54) is 42.6 Å². The molecule has 252 valence electrons. The second kappa shape index (κ2) is 14.7. The Kier molecular flexibility index (Phi) is 10.9. The Morgan fingerprint density at radius 3 is 2.25 bits per heavy atom. The van der Waals surface area contributed by atoms with Crippen molar-refractivity contribution in [2.45, 2.75) is 58.3 Å². The number of aromatic nitrogens is 2. The molecule has 48 heavy (non-hydrogen) atoms. The zero-order valence-corrected chi connectivity index (χ0v) is 26.6. The molecular formula is C35H33F5N4O4. The number of aliphatic carboxylic acids is 1. The molecule has 0 atom stereocenters. The molecule has 0 radical (unpaired) electrons. The molecule has 0 spiro atoms. The molecule has 0 aliphatic rings. The van der Waals surface area contributed by atoms with Crippen LogP contribution in [-0.2, 0) is 30.0 Å². The molecule has 1 N–H and O–H groups in total. The SMILES string of the molecule is COc1ccc(C(C)C)cc1-c1ccc(C(C)(F)F)cc1CN(Cc1cc(C#N)cc(C(F)(F)F)c1)c1ncc(OCCC(=O)O)cn1. The molecule has 4 rings (SSSR count). The molecule has 0 bridgehead atoms. The van der Waals surface area contributed by atoms with Gasteiger partial charge in [0.05, 0.1) is 49.7 Å². The Morgan fingerprint density at radius 1 is 0.958 bits per heavy atom. The Hall–Kier alpha value is -5.25. The van der Waals surface area contributed by atoms with Crippen LogP contribution in [0.15, 0.2) is 67.0 Å². The second-order valence-electron chi connectivity index (χ2n) is 11.5. The van der Waals surface area contributed by atoms with Crippen molar-refractivity contribution in [2.75, 3.05) is 18.6 Å². The Labute approximate surface area is 274 Å². The van der Waals surface area contributed by atoms with Gasteiger partial charge in [0.25, 0.3) is 5.92 Å². The van der Waals surface area contributed by atoms with Gasteiger partial charge in [0, 0.05) is 31.1 Å². The van der Waals surface area contributed by atoms with Crippen LogP contribution >= 0.6 is 0 Å². The molecule has 1 aromatic heterocycles. The van der Waals surface area contributed by atoms with Crippen LogP contribution in [-0.4, -0.2) is 34.8 Å². The molecular weight excluding hydrogens is 635 g/mol. The first kappa shape index (κ1) is 35.6. The van der Waals surface area contributed by atoms with Crippen LogP contribution in [0.2, 0.25) is 0 Å². The summed E-state index contributed by atoms with van der Waals surface area (Å²) in [5, 5.41) is 18.3. The molecule has 3 aromatic carbocycles. The van der Waals surface area contributed by atoms with Gasteiger partial charge in [0.15, 0.2) is 5.75 Å². The van der Waals surface area contributed by atoms with E-state index in [1.54, 1.807) is 18.2 Å². The normalized spacial score (nSPS) is 11.7. The van der Waals surface area contributed by atoms with Gasteiger partial charge >= 0.3 is 12.1 Å². The summed E-state index contributed by atoms with van der Waals surface area (Å²) < 4.78 is 81.6. The number of halogens is 5. The number of nitriles is 1. The van der Waals surface area contributed by atoms with Gasteiger partial charge in [-0.1, -0.05) is 32.0 Å². The number of carboxylic acid groups (broad SMARTS) is 1. The van der Waals surface area contributed by atoms with Crippen molar-refractivity contribution in [1.29, 1.82) is 5.26 Å². The third-order valence-electron chi connectivity index (χ3n) is 7.46. The first-order chi connectivity index (χ1) is 22.6. The molecule has 8 nitrogen and oxygen atoms in total. The fraction of sp³-hybridized carbons (Fsp3) is 0.314. The number of hydrogen-bond donors (Lipinski definition) is 1. The zero-order chi connectivity index (χ0) is 35.2. The quantitative estimate of drug-likeness (QED) is 0.142. The summed E-state index contributed by atoms with van der Waals surface area (Å²) in [6.45, 7) is 4.24. The fourth-order valence-electron chi connectivity index (χ4n) is 4.99. The van der Waals surface area contributed by atoms with Gasteiger partial charge in [0.2, 0.25) is 5.95 Å². The van der Waals surface area contributed by atoms with Crippen molar-refractivity contribution >= 4 is 11.9 Å². The van der Waals surface area contributed by atoms with Gasteiger partial charge in [-0.2, -0.15) is 18.4 Å². The van der Waals surface area contributed by atoms with Gasteiger partial charge in [-0.25, -0.2) is 18.7 Å². The average Bonchev–Trinajstić information content (AvgIpc) is 3.03. The maximum Gasteiger partial charge on any atom is 0.416 e. The summed E-state index contributed by atoms with van der Waals surface area (Å²) in [5.74, 6) is -3.50. The minimum atomic E-state index is -4.73. The lowest BCUT2D eigenvalue weighted by Crippen LogP contribution is -2.25. The highest BCUT2D eigenvalue weighted by molar-refractivity contribution is 5.75. The van der Waals surface area contributed by atoms with E-state index in [2.05, 4.69) is 9.97 Å². The summed E-state index contributed by atoms with van der Waals surface area (Å²) in [4.78, 5) is 21.0. The summed E-state index contributed by atoms with van der Waals surface area (Å²) in [6.07, 6.45) is -2.45. The number of nitrogens with zero attached hydrogens (tertiary/aromatic N) is 4. The topological polar surface area (TPSA) is 109 Å². The third-order valence-corrected chi connectivity index (χ3v) is 7.46. The first-order valence-corrected chi connectivity index (χ1v) is 14.8. The minimum Gasteiger partial charge on any atom is -0.496 e. The molecule has 0 fully saturated rings. The lowest BCUT2D eigenvalue weighted by Gasteiger charge is -2.26. The number of hydrogen-bond acceptors (Lipinski definition) is 7. The van der Waals surface area contributed by atoms with Crippen molar-refractivity contribution < 1.29 is 41.3 Å². The number of carboxylic acids is 1. The van der Waals surface area contributed by atoms with E-state index in [9.17, 15) is 32.0 Å². The molecule has 0 unspecified atom stereocenters. The molecule has 0 aliphatic heterocycles. The number of carbonyl (C=O) groups is 1. The van der Waals surface area contributed by atoms with Gasteiger partial charge in [-0.3, -0.25) is 4.79 Å². The smallest absolute Gasteiger partial charge is 0.416 e. The highest BCUT2D eigenvalue weighted by Crippen LogP contribution is 2.39. The molecule has 0 saturated carbocycles. The highest BCUT2D eigenvalue weighted by atomic mass is 19.4.